The van der Waals surface area contributed by atoms with Crippen LogP contribution in [0.4, 0.5) is 0 Å². The Balaban J connectivity index is 2.27. The fourth-order valence-electron chi connectivity index (χ4n) is 3.16. The molecule has 0 aliphatic heterocycles. The maximum Gasteiger partial charge on any atom is 0.0492 e. The van der Waals surface area contributed by atoms with Crippen molar-refractivity contribution >= 4 is 10.9 Å². The lowest BCUT2D eigenvalue weighted by Crippen LogP contribution is -2.20. The van der Waals surface area contributed by atoms with Gasteiger partial charge in [-0.1, -0.05) is 25.1 Å². The molecule has 17 heavy (non-hydrogen) atoms. The number of hydrogen-bond donors (Lipinski definition) is 2. The number of nitrogens with one attached hydrogen (secondary N) is 2. The zero-order valence-electron chi connectivity index (χ0n) is 10.6. The third-order valence-electron chi connectivity index (χ3n) is 4.04. The molecule has 90 valence electrons. The predicted octanol–water partition coefficient (Wildman–Crippen LogP) is 3.33. The van der Waals surface area contributed by atoms with Crippen LogP contribution in [0, 0.1) is 0 Å². The topological polar surface area (TPSA) is 27.8 Å². The van der Waals surface area contributed by atoms with E-state index in [2.05, 4.69) is 42.5 Å². The van der Waals surface area contributed by atoms with Crippen LogP contribution in [0.25, 0.3) is 10.9 Å². The third-order valence-corrected chi connectivity index (χ3v) is 4.04. The van der Waals surface area contributed by atoms with Gasteiger partial charge < -0.3 is 10.3 Å². The Morgan fingerprint density at radius 2 is 2.29 bits per heavy atom. The van der Waals surface area contributed by atoms with Gasteiger partial charge in [-0.3, -0.25) is 0 Å². The van der Waals surface area contributed by atoms with Gasteiger partial charge in [0, 0.05) is 22.6 Å². The van der Waals surface area contributed by atoms with Crippen molar-refractivity contribution in [3.63, 3.8) is 0 Å². The van der Waals surface area contributed by atoms with Gasteiger partial charge in [0.1, 0.15) is 0 Å². The largest absolute Gasteiger partial charge is 0.358 e. The molecule has 1 aromatic heterocycles. The van der Waals surface area contributed by atoms with Crippen molar-refractivity contribution in [2.45, 2.75) is 38.6 Å². The second kappa shape index (κ2) is 4.19. The molecule has 0 saturated heterocycles. The van der Waals surface area contributed by atoms with Crippen LogP contribution in [0.3, 0.4) is 0 Å². The summed E-state index contributed by atoms with van der Waals surface area (Å²) in [6, 6.07) is 7.22. The fourth-order valence-corrected chi connectivity index (χ4v) is 3.16. The number of aryl methyl sites for hydroxylation is 2. The molecule has 0 bridgehead atoms. The second-order valence-corrected chi connectivity index (χ2v) is 4.94. The standard InChI is InChI=1S/C15H20N2/c1-3-10-6-4-7-11-14-12(16-2)8-5-9-13(14)17-15(10)11/h4,6-7,12,16-17H,3,5,8-9H2,1-2H3. The van der Waals surface area contributed by atoms with Crippen molar-refractivity contribution in [2.24, 2.45) is 0 Å². The third kappa shape index (κ3) is 1.59. The molecule has 2 aromatic rings. The van der Waals surface area contributed by atoms with E-state index in [-0.39, 0.29) is 0 Å². The van der Waals surface area contributed by atoms with Gasteiger partial charge >= 0.3 is 0 Å². The second-order valence-electron chi connectivity index (χ2n) is 4.94. The highest BCUT2D eigenvalue weighted by Gasteiger charge is 2.23. The van der Waals surface area contributed by atoms with Gasteiger partial charge in [-0.05, 0) is 43.9 Å². The molecule has 2 heteroatoms. The quantitative estimate of drug-likeness (QED) is 0.810. The van der Waals surface area contributed by atoms with E-state index >= 15 is 0 Å². The first-order valence-electron chi connectivity index (χ1n) is 6.64. The smallest absolute Gasteiger partial charge is 0.0492 e. The Morgan fingerprint density at radius 3 is 3.06 bits per heavy atom. The number of aromatic amines is 1. The Bertz CT molecular complexity index is 539. The summed E-state index contributed by atoms with van der Waals surface area (Å²) in [5.74, 6) is 0. The van der Waals surface area contributed by atoms with Gasteiger partial charge in [0.15, 0.2) is 0 Å². The van der Waals surface area contributed by atoms with Crippen LogP contribution in [0.5, 0.6) is 0 Å². The first-order chi connectivity index (χ1) is 8.35. The van der Waals surface area contributed by atoms with E-state index in [0.717, 1.165) is 6.42 Å². The summed E-state index contributed by atoms with van der Waals surface area (Å²) in [5.41, 5.74) is 5.77. The van der Waals surface area contributed by atoms with Crippen molar-refractivity contribution in [1.29, 1.82) is 0 Å². The number of fused-ring (bicyclic) bond motifs is 3. The Hall–Kier alpha value is -1.28. The Labute approximate surface area is 102 Å². The summed E-state index contributed by atoms with van der Waals surface area (Å²) in [6.07, 6.45) is 4.84. The normalized spacial score (nSPS) is 19.5. The van der Waals surface area contributed by atoms with E-state index in [1.807, 2.05) is 0 Å². The van der Waals surface area contributed by atoms with E-state index < -0.39 is 0 Å². The Kier molecular flexibility index (Phi) is 2.67. The Morgan fingerprint density at radius 1 is 1.41 bits per heavy atom. The maximum atomic E-state index is 3.66. The molecule has 1 aromatic carbocycles. The van der Waals surface area contributed by atoms with Crippen molar-refractivity contribution < 1.29 is 0 Å². The SMILES string of the molecule is CCc1cccc2c3c([nH]c12)CCCC3NC. The molecule has 0 amide bonds. The number of para-hydroxylation sites is 1. The zero-order valence-corrected chi connectivity index (χ0v) is 10.6. The van der Waals surface area contributed by atoms with Crippen molar-refractivity contribution in [3.05, 3.63) is 35.0 Å². The monoisotopic (exact) mass is 228 g/mol. The average Bonchev–Trinajstić information content (AvgIpc) is 2.76. The molecule has 0 fully saturated rings. The molecule has 1 atom stereocenters. The molecule has 0 saturated carbocycles. The van der Waals surface area contributed by atoms with Crippen LogP contribution in [-0.4, -0.2) is 12.0 Å². The number of rotatable bonds is 2. The minimum absolute atomic E-state index is 0.527. The van der Waals surface area contributed by atoms with Gasteiger partial charge in [-0.2, -0.15) is 0 Å². The summed E-state index contributed by atoms with van der Waals surface area (Å²) in [5, 5.41) is 4.88. The highest BCUT2D eigenvalue weighted by molar-refractivity contribution is 5.88. The lowest BCUT2D eigenvalue weighted by Gasteiger charge is -2.22. The van der Waals surface area contributed by atoms with Gasteiger partial charge in [0.25, 0.3) is 0 Å². The summed E-state index contributed by atoms with van der Waals surface area (Å²) < 4.78 is 0. The lowest BCUT2D eigenvalue weighted by atomic mass is 9.90. The van der Waals surface area contributed by atoms with Gasteiger partial charge in [-0.25, -0.2) is 0 Å². The molecule has 1 aliphatic carbocycles. The van der Waals surface area contributed by atoms with E-state index in [4.69, 9.17) is 0 Å². The van der Waals surface area contributed by atoms with E-state index in [0.29, 0.717) is 6.04 Å². The van der Waals surface area contributed by atoms with E-state index in [9.17, 15) is 0 Å². The fraction of sp³-hybridized carbons (Fsp3) is 0.467. The highest BCUT2D eigenvalue weighted by atomic mass is 14.9. The van der Waals surface area contributed by atoms with Crippen LogP contribution in [0.15, 0.2) is 18.2 Å². The molecule has 1 unspecified atom stereocenters. The van der Waals surface area contributed by atoms with Gasteiger partial charge in [0.05, 0.1) is 0 Å². The molecule has 0 spiro atoms. The minimum atomic E-state index is 0.527. The molecular formula is C15H20N2. The first-order valence-corrected chi connectivity index (χ1v) is 6.64. The molecule has 2 N–H and O–H groups in total. The lowest BCUT2D eigenvalue weighted by molar-refractivity contribution is 0.497. The van der Waals surface area contributed by atoms with Crippen LogP contribution >= 0.6 is 0 Å². The van der Waals surface area contributed by atoms with Gasteiger partial charge in [-0.15, -0.1) is 0 Å². The summed E-state index contributed by atoms with van der Waals surface area (Å²) in [7, 11) is 2.07. The summed E-state index contributed by atoms with van der Waals surface area (Å²) in [6.45, 7) is 2.23. The van der Waals surface area contributed by atoms with Crippen molar-refractivity contribution in [3.8, 4) is 0 Å². The van der Waals surface area contributed by atoms with Crippen LogP contribution in [0.2, 0.25) is 0 Å². The number of aromatic nitrogens is 1. The number of benzene rings is 1. The van der Waals surface area contributed by atoms with Gasteiger partial charge in [0.2, 0.25) is 0 Å². The molecule has 3 rings (SSSR count). The molecular weight excluding hydrogens is 208 g/mol. The molecule has 2 nitrogen and oxygen atoms in total. The molecule has 1 heterocycles. The summed E-state index contributed by atoms with van der Waals surface area (Å²) >= 11 is 0. The average molecular weight is 228 g/mol. The van der Waals surface area contributed by atoms with Crippen LogP contribution in [0.1, 0.15) is 42.6 Å². The van der Waals surface area contributed by atoms with E-state index in [1.54, 1.807) is 0 Å². The predicted molar refractivity (Wildman–Crippen MR) is 72.4 cm³/mol. The highest BCUT2D eigenvalue weighted by Crippen LogP contribution is 2.36. The maximum absolute atomic E-state index is 3.66. The molecule has 0 radical (unpaired) electrons. The van der Waals surface area contributed by atoms with Crippen molar-refractivity contribution in [1.82, 2.24) is 10.3 Å². The minimum Gasteiger partial charge on any atom is -0.358 e. The molecule has 1 aliphatic rings. The zero-order chi connectivity index (χ0) is 11.8. The number of H-pyrrole nitrogens is 1. The first kappa shape index (κ1) is 10.8. The summed E-state index contributed by atoms with van der Waals surface area (Å²) in [4.78, 5) is 3.66. The van der Waals surface area contributed by atoms with Crippen LogP contribution < -0.4 is 5.32 Å². The van der Waals surface area contributed by atoms with E-state index in [1.165, 1.54) is 47.0 Å². The van der Waals surface area contributed by atoms with Crippen LogP contribution in [-0.2, 0) is 12.8 Å². The number of hydrogen-bond acceptors (Lipinski definition) is 1. The van der Waals surface area contributed by atoms with Crippen molar-refractivity contribution in [2.75, 3.05) is 7.05 Å².